The highest BCUT2D eigenvalue weighted by Crippen LogP contribution is 2.25. The lowest BCUT2D eigenvalue weighted by molar-refractivity contribution is -0.135. The molecule has 3 heterocycles. The summed E-state index contributed by atoms with van der Waals surface area (Å²) in [5, 5.41) is 0. The average Bonchev–Trinajstić information content (AvgIpc) is 3.23. The Bertz CT molecular complexity index is 505. The van der Waals surface area contributed by atoms with Gasteiger partial charge in [0.1, 0.15) is 5.82 Å². The van der Waals surface area contributed by atoms with E-state index >= 15 is 0 Å². The van der Waals surface area contributed by atoms with Crippen LogP contribution in [0.25, 0.3) is 0 Å². The molecule has 1 aromatic heterocycles. The first-order valence-corrected chi connectivity index (χ1v) is 8.84. The Kier molecular flexibility index (Phi) is 5.33. The minimum absolute atomic E-state index is 0.176. The molecule has 2 aliphatic rings. The molecule has 0 radical (unpaired) electrons. The number of amides is 1. The summed E-state index contributed by atoms with van der Waals surface area (Å²) >= 11 is 0. The van der Waals surface area contributed by atoms with Crippen LogP contribution in [0, 0.1) is 0 Å². The number of carbonyl (C=O) groups is 1. The third-order valence-electron chi connectivity index (χ3n) is 5.09. The van der Waals surface area contributed by atoms with E-state index in [1.165, 1.54) is 0 Å². The zero-order valence-corrected chi connectivity index (χ0v) is 14.2. The molecule has 6 heteroatoms. The number of piperazine rings is 1. The second-order valence-corrected chi connectivity index (χ2v) is 6.64. The number of imidazole rings is 1. The fourth-order valence-electron chi connectivity index (χ4n) is 3.68. The molecule has 0 spiro atoms. The summed E-state index contributed by atoms with van der Waals surface area (Å²) in [6.07, 6.45) is 7.90. The highest BCUT2D eigenvalue weighted by molar-refractivity contribution is 5.76. The Hall–Kier alpha value is -1.40. The van der Waals surface area contributed by atoms with Crippen molar-refractivity contribution in [2.75, 3.05) is 26.2 Å². The molecule has 3 atom stereocenters. The molecule has 0 aromatic carbocycles. The molecule has 23 heavy (non-hydrogen) atoms. The third-order valence-corrected chi connectivity index (χ3v) is 5.09. The minimum atomic E-state index is 0.176. The topological polar surface area (TPSA) is 61.5 Å². The minimum Gasteiger partial charge on any atom is -0.375 e. The van der Waals surface area contributed by atoms with Crippen LogP contribution in [0.5, 0.6) is 0 Å². The predicted molar refractivity (Wildman–Crippen MR) is 88.0 cm³/mol. The van der Waals surface area contributed by atoms with Gasteiger partial charge in [0.05, 0.1) is 18.2 Å². The first-order chi connectivity index (χ1) is 11.2. The predicted octanol–water partition coefficient (Wildman–Crippen LogP) is 1.96. The van der Waals surface area contributed by atoms with Crippen LogP contribution in [0.15, 0.2) is 12.4 Å². The van der Waals surface area contributed by atoms with Crippen molar-refractivity contribution < 1.29 is 9.53 Å². The van der Waals surface area contributed by atoms with Crippen LogP contribution in [-0.4, -0.2) is 64.1 Å². The number of hydrogen-bond donors (Lipinski definition) is 1. The molecule has 0 aliphatic carbocycles. The van der Waals surface area contributed by atoms with E-state index in [-0.39, 0.29) is 18.1 Å². The van der Waals surface area contributed by atoms with E-state index in [4.69, 9.17) is 4.74 Å². The van der Waals surface area contributed by atoms with Crippen LogP contribution in [0.1, 0.15) is 51.4 Å². The van der Waals surface area contributed by atoms with Gasteiger partial charge in [-0.3, -0.25) is 9.69 Å². The molecular formula is C17H28N4O2. The second-order valence-electron chi connectivity index (χ2n) is 6.64. The zero-order chi connectivity index (χ0) is 16.2. The van der Waals surface area contributed by atoms with Gasteiger partial charge in [-0.1, -0.05) is 6.92 Å². The summed E-state index contributed by atoms with van der Waals surface area (Å²) in [4.78, 5) is 24.5. The Morgan fingerprint density at radius 1 is 1.43 bits per heavy atom. The van der Waals surface area contributed by atoms with Gasteiger partial charge in [0.2, 0.25) is 5.91 Å². The largest absolute Gasteiger partial charge is 0.375 e. The summed E-state index contributed by atoms with van der Waals surface area (Å²) in [6.45, 7) is 7.69. The number of nitrogens with one attached hydrogen (secondary N) is 1. The van der Waals surface area contributed by atoms with Crippen molar-refractivity contribution in [3.63, 3.8) is 0 Å². The van der Waals surface area contributed by atoms with Crippen molar-refractivity contribution in [2.45, 2.75) is 57.8 Å². The number of H-pyrrole nitrogens is 1. The van der Waals surface area contributed by atoms with Crippen molar-refractivity contribution in [3.8, 4) is 0 Å². The highest BCUT2D eigenvalue weighted by atomic mass is 16.5. The summed E-state index contributed by atoms with van der Waals surface area (Å²) in [7, 11) is 0. The van der Waals surface area contributed by atoms with Crippen LogP contribution in [0.2, 0.25) is 0 Å². The fourth-order valence-corrected chi connectivity index (χ4v) is 3.68. The number of ether oxygens (including phenoxy) is 1. The van der Waals surface area contributed by atoms with Gasteiger partial charge in [0.15, 0.2) is 0 Å². The lowest BCUT2D eigenvalue weighted by atomic mass is 10.1. The van der Waals surface area contributed by atoms with Gasteiger partial charge in [-0.15, -0.1) is 0 Å². The van der Waals surface area contributed by atoms with E-state index in [0.29, 0.717) is 12.5 Å². The van der Waals surface area contributed by atoms with Gasteiger partial charge in [0, 0.05) is 38.4 Å². The van der Waals surface area contributed by atoms with Crippen molar-refractivity contribution in [1.29, 1.82) is 0 Å². The Balaban J connectivity index is 1.54. The maximum atomic E-state index is 12.6. The van der Waals surface area contributed by atoms with Gasteiger partial charge in [-0.2, -0.15) is 0 Å². The standard InChI is InChI=1S/C17H28N4O2/c1-3-20-10-11-21(12-15(20)17-18-8-9-19-17)16(22)7-6-14-5-4-13(2)23-14/h8-9,13-15H,3-7,10-12H2,1-2H3,(H,18,19)/t13-,14-,15-/m0/s1. The molecule has 2 fully saturated rings. The number of rotatable bonds is 5. The fraction of sp³-hybridized carbons (Fsp3) is 0.765. The van der Waals surface area contributed by atoms with Crippen molar-refractivity contribution in [3.05, 3.63) is 18.2 Å². The van der Waals surface area contributed by atoms with Crippen molar-refractivity contribution >= 4 is 5.91 Å². The van der Waals surface area contributed by atoms with Crippen LogP contribution in [-0.2, 0) is 9.53 Å². The molecule has 0 bridgehead atoms. The summed E-state index contributed by atoms with van der Waals surface area (Å²) in [5.74, 6) is 1.21. The van der Waals surface area contributed by atoms with Gasteiger partial charge in [-0.05, 0) is 32.7 Å². The summed E-state index contributed by atoms with van der Waals surface area (Å²) in [5.41, 5.74) is 0. The van der Waals surface area contributed by atoms with E-state index in [1.54, 1.807) is 6.20 Å². The first kappa shape index (κ1) is 16.5. The summed E-state index contributed by atoms with van der Waals surface area (Å²) in [6, 6.07) is 0.176. The Morgan fingerprint density at radius 3 is 2.96 bits per heavy atom. The Labute approximate surface area is 138 Å². The average molecular weight is 320 g/mol. The van der Waals surface area contributed by atoms with E-state index < -0.39 is 0 Å². The molecule has 2 saturated heterocycles. The summed E-state index contributed by atoms with van der Waals surface area (Å²) < 4.78 is 5.82. The molecule has 1 aromatic rings. The van der Waals surface area contributed by atoms with Crippen LogP contribution in [0.3, 0.4) is 0 Å². The maximum absolute atomic E-state index is 12.6. The van der Waals surface area contributed by atoms with Crippen LogP contribution < -0.4 is 0 Å². The zero-order valence-electron chi connectivity index (χ0n) is 14.2. The lowest BCUT2D eigenvalue weighted by Crippen LogP contribution is -2.50. The van der Waals surface area contributed by atoms with Crippen LogP contribution >= 0.6 is 0 Å². The first-order valence-electron chi connectivity index (χ1n) is 8.84. The van der Waals surface area contributed by atoms with Crippen LogP contribution in [0.4, 0.5) is 0 Å². The molecule has 1 amide bonds. The highest BCUT2D eigenvalue weighted by Gasteiger charge is 2.31. The van der Waals surface area contributed by atoms with Crippen molar-refractivity contribution in [2.24, 2.45) is 0 Å². The monoisotopic (exact) mass is 320 g/mol. The normalized spacial score (nSPS) is 29.1. The number of carbonyl (C=O) groups excluding carboxylic acids is 1. The lowest BCUT2D eigenvalue weighted by Gasteiger charge is -2.40. The molecular weight excluding hydrogens is 292 g/mol. The second kappa shape index (κ2) is 7.45. The van der Waals surface area contributed by atoms with Gasteiger partial charge < -0.3 is 14.6 Å². The third kappa shape index (κ3) is 3.93. The molecule has 1 N–H and O–H groups in total. The number of likely N-dealkylation sites (N-methyl/N-ethyl adjacent to an activating group) is 1. The smallest absolute Gasteiger partial charge is 0.222 e. The Morgan fingerprint density at radius 2 is 2.30 bits per heavy atom. The van der Waals surface area contributed by atoms with E-state index in [2.05, 4.69) is 28.7 Å². The number of aromatic nitrogens is 2. The number of hydrogen-bond acceptors (Lipinski definition) is 4. The molecule has 3 rings (SSSR count). The number of aromatic amines is 1. The van der Waals surface area contributed by atoms with E-state index in [1.807, 2.05) is 11.1 Å². The van der Waals surface area contributed by atoms with Crippen molar-refractivity contribution in [1.82, 2.24) is 19.8 Å². The molecule has 0 saturated carbocycles. The van der Waals surface area contributed by atoms with Gasteiger partial charge in [0.25, 0.3) is 0 Å². The SMILES string of the molecule is CCN1CCN(C(=O)CC[C@@H]2CC[C@H](C)O2)C[C@H]1c1ncc[nH]1. The van der Waals surface area contributed by atoms with Gasteiger partial charge in [-0.25, -0.2) is 4.98 Å². The van der Waals surface area contributed by atoms with Gasteiger partial charge >= 0.3 is 0 Å². The molecule has 0 unspecified atom stereocenters. The molecule has 2 aliphatic heterocycles. The molecule has 128 valence electrons. The van der Waals surface area contributed by atoms with E-state index in [0.717, 1.165) is 51.3 Å². The quantitative estimate of drug-likeness (QED) is 0.901. The number of nitrogens with zero attached hydrogens (tertiary/aromatic N) is 3. The maximum Gasteiger partial charge on any atom is 0.222 e. The molecule has 6 nitrogen and oxygen atoms in total. The van der Waals surface area contributed by atoms with E-state index in [9.17, 15) is 4.79 Å².